The molecule has 0 aliphatic carbocycles. The predicted molar refractivity (Wildman–Crippen MR) is 130 cm³/mol. The third-order valence-corrected chi connectivity index (χ3v) is 6.47. The quantitative estimate of drug-likeness (QED) is 0.439. The van der Waals surface area contributed by atoms with Crippen LogP contribution in [0.25, 0.3) is 0 Å². The molecule has 6 nitrogen and oxygen atoms in total. The van der Waals surface area contributed by atoms with E-state index in [1.807, 2.05) is 59.5 Å². The van der Waals surface area contributed by atoms with Crippen LogP contribution in [-0.4, -0.2) is 67.2 Å². The fraction of sp³-hybridized carbons (Fsp3) is 0.360. The number of carbonyl (C=O) groups is 2. The Labute approximate surface area is 194 Å². The largest absolute Gasteiger partial charge is 0.497 e. The van der Waals surface area contributed by atoms with E-state index >= 15 is 0 Å². The molecule has 1 N–H and O–H groups in total. The van der Waals surface area contributed by atoms with Crippen LogP contribution in [0.5, 0.6) is 5.75 Å². The van der Waals surface area contributed by atoms with Crippen molar-refractivity contribution in [3.8, 4) is 5.75 Å². The standard InChI is InChI=1S/C25H31N3O3S/c1-3-18-32-23-7-5-4-6-22(23)26-24(29)19-27-14-16-28(17-15-27)25(30)13-10-20-8-11-21(31-2)12-9-20/h3-9,11-12H,1,10,13-19H2,2H3,(H,26,29). The molecule has 32 heavy (non-hydrogen) atoms. The molecular formula is C25H31N3O3S. The topological polar surface area (TPSA) is 61.9 Å². The lowest BCUT2D eigenvalue weighted by Crippen LogP contribution is -2.50. The Morgan fingerprint density at radius 1 is 1.09 bits per heavy atom. The monoisotopic (exact) mass is 453 g/mol. The summed E-state index contributed by atoms with van der Waals surface area (Å²) in [6, 6.07) is 15.6. The molecule has 3 rings (SSSR count). The number of ether oxygens (including phenoxy) is 1. The highest BCUT2D eigenvalue weighted by Gasteiger charge is 2.22. The van der Waals surface area contributed by atoms with Crippen LogP contribution >= 0.6 is 11.8 Å². The van der Waals surface area contributed by atoms with Crippen molar-refractivity contribution >= 4 is 29.3 Å². The number of para-hydroxylation sites is 1. The number of thioether (sulfide) groups is 1. The predicted octanol–water partition coefficient (Wildman–Crippen LogP) is 3.69. The van der Waals surface area contributed by atoms with E-state index in [2.05, 4.69) is 16.8 Å². The van der Waals surface area contributed by atoms with Gasteiger partial charge in [-0.05, 0) is 36.2 Å². The van der Waals surface area contributed by atoms with Crippen molar-refractivity contribution in [2.75, 3.05) is 50.9 Å². The van der Waals surface area contributed by atoms with Gasteiger partial charge in [-0.3, -0.25) is 14.5 Å². The Morgan fingerprint density at radius 3 is 2.50 bits per heavy atom. The Bertz CT molecular complexity index is 909. The van der Waals surface area contributed by atoms with Gasteiger partial charge in [-0.1, -0.05) is 30.3 Å². The molecule has 170 valence electrons. The fourth-order valence-corrected chi connectivity index (χ4v) is 4.34. The van der Waals surface area contributed by atoms with Gasteiger partial charge in [0.2, 0.25) is 11.8 Å². The highest BCUT2D eigenvalue weighted by atomic mass is 32.2. The van der Waals surface area contributed by atoms with Crippen LogP contribution < -0.4 is 10.1 Å². The lowest BCUT2D eigenvalue weighted by Gasteiger charge is -2.34. The third kappa shape index (κ3) is 7.14. The Kier molecular flexibility index (Phi) is 9.19. The number of amides is 2. The highest BCUT2D eigenvalue weighted by molar-refractivity contribution is 7.99. The maximum Gasteiger partial charge on any atom is 0.238 e. The van der Waals surface area contributed by atoms with Crippen LogP contribution in [0.2, 0.25) is 0 Å². The minimum Gasteiger partial charge on any atom is -0.497 e. The van der Waals surface area contributed by atoms with E-state index in [0.29, 0.717) is 45.6 Å². The summed E-state index contributed by atoms with van der Waals surface area (Å²) in [5, 5.41) is 3.02. The third-order valence-electron chi connectivity index (χ3n) is 5.40. The number of carbonyl (C=O) groups excluding carboxylic acids is 2. The molecule has 0 bridgehead atoms. The molecule has 0 unspecified atom stereocenters. The summed E-state index contributed by atoms with van der Waals surface area (Å²) in [6.07, 6.45) is 3.06. The van der Waals surface area contributed by atoms with Crippen LogP contribution in [0.4, 0.5) is 5.69 Å². The van der Waals surface area contributed by atoms with Gasteiger partial charge in [0.25, 0.3) is 0 Å². The van der Waals surface area contributed by atoms with Crippen molar-refractivity contribution in [1.29, 1.82) is 0 Å². The van der Waals surface area contributed by atoms with Crippen molar-refractivity contribution in [2.24, 2.45) is 0 Å². The normalized spacial score (nSPS) is 14.1. The van der Waals surface area contributed by atoms with Crippen molar-refractivity contribution in [3.05, 3.63) is 66.7 Å². The van der Waals surface area contributed by atoms with E-state index in [1.54, 1.807) is 18.9 Å². The average Bonchev–Trinajstić information content (AvgIpc) is 2.82. The molecule has 1 fully saturated rings. The first-order chi connectivity index (χ1) is 15.6. The van der Waals surface area contributed by atoms with Crippen LogP contribution in [0.15, 0.2) is 66.1 Å². The summed E-state index contributed by atoms with van der Waals surface area (Å²) in [5.74, 6) is 1.75. The van der Waals surface area contributed by atoms with E-state index in [0.717, 1.165) is 27.6 Å². The number of benzene rings is 2. The highest BCUT2D eigenvalue weighted by Crippen LogP contribution is 2.27. The molecule has 1 aliphatic heterocycles. The Hall–Kier alpha value is -2.77. The summed E-state index contributed by atoms with van der Waals surface area (Å²) in [4.78, 5) is 30.2. The molecule has 1 aliphatic rings. The lowest BCUT2D eigenvalue weighted by molar-refractivity contribution is -0.133. The van der Waals surface area contributed by atoms with Gasteiger partial charge >= 0.3 is 0 Å². The van der Waals surface area contributed by atoms with Gasteiger partial charge in [-0.2, -0.15) is 0 Å². The number of nitrogens with one attached hydrogen (secondary N) is 1. The molecule has 2 aromatic rings. The van der Waals surface area contributed by atoms with Crippen LogP contribution in [0, 0.1) is 0 Å². The first-order valence-electron chi connectivity index (χ1n) is 10.8. The van der Waals surface area contributed by atoms with Gasteiger partial charge in [0.05, 0.1) is 19.3 Å². The van der Waals surface area contributed by atoms with Crippen molar-refractivity contribution < 1.29 is 14.3 Å². The van der Waals surface area contributed by atoms with Gasteiger partial charge in [0.1, 0.15) is 5.75 Å². The number of hydrogen-bond donors (Lipinski definition) is 1. The number of rotatable bonds is 10. The van der Waals surface area contributed by atoms with Gasteiger partial charge in [-0.25, -0.2) is 0 Å². The minimum absolute atomic E-state index is 0.0315. The van der Waals surface area contributed by atoms with E-state index in [1.165, 1.54) is 0 Å². The zero-order valence-corrected chi connectivity index (χ0v) is 19.4. The molecule has 1 saturated heterocycles. The molecule has 0 saturated carbocycles. The number of nitrogens with zero attached hydrogens (tertiary/aromatic N) is 2. The van der Waals surface area contributed by atoms with Gasteiger partial charge in [0, 0.05) is 43.2 Å². The first kappa shape index (κ1) is 23.9. The number of piperazine rings is 1. The molecular weight excluding hydrogens is 422 g/mol. The molecule has 0 spiro atoms. The second kappa shape index (κ2) is 12.3. The summed E-state index contributed by atoms with van der Waals surface area (Å²) >= 11 is 1.65. The number of aryl methyl sites for hydroxylation is 1. The van der Waals surface area contributed by atoms with Gasteiger partial charge in [-0.15, -0.1) is 18.3 Å². The van der Waals surface area contributed by atoms with Crippen molar-refractivity contribution in [3.63, 3.8) is 0 Å². The van der Waals surface area contributed by atoms with Crippen LogP contribution in [0.3, 0.4) is 0 Å². The summed E-state index contributed by atoms with van der Waals surface area (Å²) < 4.78 is 5.17. The zero-order chi connectivity index (χ0) is 22.8. The SMILES string of the molecule is C=CCSc1ccccc1NC(=O)CN1CCN(C(=O)CCc2ccc(OC)cc2)CC1. The summed E-state index contributed by atoms with van der Waals surface area (Å²) in [6.45, 7) is 6.79. The Balaban J connectivity index is 1.41. The first-order valence-corrected chi connectivity index (χ1v) is 11.8. The molecule has 2 aromatic carbocycles. The summed E-state index contributed by atoms with van der Waals surface area (Å²) in [7, 11) is 1.64. The van der Waals surface area contributed by atoms with Gasteiger partial charge < -0.3 is 15.0 Å². The van der Waals surface area contributed by atoms with E-state index in [4.69, 9.17) is 4.74 Å². The summed E-state index contributed by atoms with van der Waals surface area (Å²) in [5.41, 5.74) is 1.96. The van der Waals surface area contributed by atoms with Gasteiger partial charge in [0.15, 0.2) is 0 Å². The second-order valence-corrected chi connectivity index (χ2v) is 8.71. The average molecular weight is 454 g/mol. The second-order valence-electron chi connectivity index (χ2n) is 7.65. The molecule has 7 heteroatoms. The number of methoxy groups -OCH3 is 1. The zero-order valence-electron chi connectivity index (χ0n) is 18.6. The van der Waals surface area contributed by atoms with Crippen LogP contribution in [0.1, 0.15) is 12.0 Å². The molecule has 0 aromatic heterocycles. The van der Waals surface area contributed by atoms with Crippen LogP contribution in [-0.2, 0) is 16.0 Å². The fourth-order valence-electron chi connectivity index (χ4n) is 3.59. The molecule has 0 atom stereocenters. The molecule has 1 heterocycles. The number of anilines is 1. The smallest absolute Gasteiger partial charge is 0.238 e. The maximum atomic E-state index is 12.6. The van der Waals surface area contributed by atoms with Crippen molar-refractivity contribution in [2.45, 2.75) is 17.7 Å². The van der Waals surface area contributed by atoms with Crippen molar-refractivity contribution in [1.82, 2.24) is 9.80 Å². The van der Waals surface area contributed by atoms with E-state index < -0.39 is 0 Å². The minimum atomic E-state index is -0.0315. The molecule has 2 amide bonds. The maximum absolute atomic E-state index is 12.6. The molecule has 0 radical (unpaired) electrons. The number of hydrogen-bond acceptors (Lipinski definition) is 5. The Morgan fingerprint density at radius 2 is 1.81 bits per heavy atom. The van der Waals surface area contributed by atoms with E-state index in [9.17, 15) is 9.59 Å². The van der Waals surface area contributed by atoms with E-state index in [-0.39, 0.29) is 11.8 Å². The lowest BCUT2D eigenvalue weighted by atomic mass is 10.1.